The number of rotatable bonds is 4. The lowest BCUT2D eigenvalue weighted by Gasteiger charge is -2.10. The summed E-state index contributed by atoms with van der Waals surface area (Å²) in [4.78, 5) is 0. The van der Waals surface area contributed by atoms with E-state index in [-0.39, 0.29) is 0 Å². The normalized spacial score (nSPS) is 11.8. The highest BCUT2D eigenvalue weighted by Gasteiger charge is 2.20. The van der Waals surface area contributed by atoms with Crippen LogP contribution in [-0.4, -0.2) is 4.57 Å². The van der Waals surface area contributed by atoms with Gasteiger partial charge in [-0.25, -0.2) is 0 Å². The third-order valence-electron chi connectivity index (χ3n) is 9.41. The molecule has 0 atom stereocenters. The summed E-state index contributed by atoms with van der Waals surface area (Å²) in [6, 6.07) is 59.8. The van der Waals surface area contributed by atoms with Gasteiger partial charge in [-0.15, -0.1) is 22.7 Å². The number of aromatic nitrogens is 1. The van der Waals surface area contributed by atoms with Crippen LogP contribution in [0.15, 0.2) is 164 Å². The number of para-hydroxylation sites is 2. The number of thiophene rings is 2. The van der Waals surface area contributed by atoms with E-state index in [1.54, 1.807) is 0 Å². The summed E-state index contributed by atoms with van der Waals surface area (Å²) >= 11 is 3.81. The van der Waals surface area contributed by atoms with Crippen molar-refractivity contribution in [2.24, 2.45) is 0 Å². The van der Waals surface area contributed by atoms with Gasteiger partial charge in [0, 0.05) is 41.3 Å². The predicted molar refractivity (Wildman–Crippen MR) is 205 cm³/mol. The first-order valence-electron chi connectivity index (χ1n) is 15.9. The molecule has 0 aliphatic rings. The molecule has 3 heterocycles. The van der Waals surface area contributed by atoms with Crippen molar-refractivity contribution < 1.29 is 0 Å². The van der Waals surface area contributed by atoms with E-state index in [2.05, 4.69) is 168 Å². The van der Waals surface area contributed by atoms with E-state index in [9.17, 15) is 0 Å². The maximum atomic E-state index is 2.44. The number of fused-ring (bicyclic) bond motifs is 8. The molecule has 0 saturated carbocycles. The van der Waals surface area contributed by atoms with Crippen molar-refractivity contribution in [2.45, 2.75) is 0 Å². The second-order valence-electron chi connectivity index (χ2n) is 12.1. The number of benzene rings is 7. The number of nitrogens with zero attached hydrogens (tertiary/aromatic N) is 1. The quantitative estimate of drug-likeness (QED) is 0.182. The van der Waals surface area contributed by atoms with Gasteiger partial charge >= 0.3 is 0 Å². The smallest absolute Gasteiger partial charge is 0.0727 e. The highest BCUT2D eigenvalue weighted by atomic mass is 32.1. The minimum absolute atomic E-state index is 1.19. The summed E-state index contributed by atoms with van der Waals surface area (Å²) in [5.41, 5.74) is 11.3. The minimum atomic E-state index is 1.19. The van der Waals surface area contributed by atoms with Crippen molar-refractivity contribution >= 4 is 74.1 Å². The fourth-order valence-electron chi connectivity index (χ4n) is 7.35. The highest BCUT2D eigenvalue weighted by molar-refractivity contribution is 7.27. The van der Waals surface area contributed by atoms with Crippen LogP contribution in [0.2, 0.25) is 0 Å². The Balaban J connectivity index is 1.18. The Hall–Kier alpha value is -5.48. The molecular weight excluding hydrogens is 607 g/mol. The first-order chi connectivity index (χ1) is 23.3. The van der Waals surface area contributed by atoms with E-state index >= 15 is 0 Å². The minimum Gasteiger partial charge on any atom is -0.308 e. The van der Waals surface area contributed by atoms with E-state index in [1.165, 1.54) is 90.4 Å². The first-order valence-corrected chi connectivity index (χ1v) is 17.6. The fourth-order valence-corrected chi connectivity index (χ4v) is 9.97. The van der Waals surface area contributed by atoms with Crippen LogP contribution in [0.5, 0.6) is 0 Å². The van der Waals surface area contributed by atoms with Gasteiger partial charge in [0.25, 0.3) is 0 Å². The zero-order valence-corrected chi connectivity index (χ0v) is 27.0. The third kappa shape index (κ3) is 4.07. The van der Waals surface area contributed by atoms with Crippen molar-refractivity contribution in [3.63, 3.8) is 0 Å². The van der Waals surface area contributed by atoms with Crippen LogP contribution in [0.3, 0.4) is 0 Å². The van der Waals surface area contributed by atoms with Gasteiger partial charge in [-0.1, -0.05) is 133 Å². The van der Waals surface area contributed by atoms with Crippen LogP contribution in [-0.2, 0) is 0 Å². The lowest BCUT2D eigenvalue weighted by Crippen LogP contribution is -1.92. The maximum Gasteiger partial charge on any atom is 0.0727 e. The van der Waals surface area contributed by atoms with Crippen LogP contribution in [0.25, 0.3) is 90.4 Å². The Bertz CT molecular complexity index is 2780. The van der Waals surface area contributed by atoms with E-state index in [0.29, 0.717) is 0 Å². The molecule has 0 radical (unpaired) electrons. The van der Waals surface area contributed by atoms with Crippen molar-refractivity contribution in [1.82, 2.24) is 4.57 Å². The molecule has 3 aromatic heterocycles. The van der Waals surface area contributed by atoms with Crippen molar-refractivity contribution in [3.8, 4) is 39.1 Å². The van der Waals surface area contributed by atoms with Crippen molar-refractivity contribution in [2.75, 3.05) is 0 Å². The summed E-state index contributed by atoms with van der Waals surface area (Å²) < 4.78 is 7.78. The molecule has 7 aromatic carbocycles. The van der Waals surface area contributed by atoms with Crippen LogP contribution in [0.4, 0.5) is 0 Å². The molecule has 0 aliphatic carbocycles. The molecule has 220 valence electrons. The Morgan fingerprint density at radius 3 is 1.79 bits per heavy atom. The maximum absolute atomic E-state index is 2.44. The summed E-state index contributed by atoms with van der Waals surface area (Å²) in [6.45, 7) is 0. The van der Waals surface area contributed by atoms with E-state index < -0.39 is 0 Å². The Labute approximate surface area is 280 Å². The summed E-state index contributed by atoms with van der Waals surface area (Å²) in [5.74, 6) is 0. The molecule has 0 saturated heterocycles. The van der Waals surface area contributed by atoms with Gasteiger partial charge < -0.3 is 4.57 Å². The summed E-state index contributed by atoms with van der Waals surface area (Å²) in [7, 11) is 0. The van der Waals surface area contributed by atoms with Crippen molar-refractivity contribution in [3.05, 3.63) is 164 Å². The van der Waals surface area contributed by atoms with E-state index in [1.807, 2.05) is 22.7 Å². The largest absolute Gasteiger partial charge is 0.308 e. The SMILES string of the molecule is c1ccc(-c2cccc3c2sc2cccc(-c4cccc(-c5cccc6c5sc5c7ccccc7n(-c7ccccc7)c65)c4)c23)cc1. The Morgan fingerprint density at radius 1 is 0.383 bits per heavy atom. The average Bonchev–Trinajstić information content (AvgIpc) is 3.81. The zero-order valence-electron chi connectivity index (χ0n) is 25.4. The average molecular weight is 634 g/mol. The van der Waals surface area contributed by atoms with Gasteiger partial charge in [-0.05, 0) is 63.7 Å². The van der Waals surface area contributed by atoms with Gasteiger partial charge in [0.2, 0.25) is 0 Å². The van der Waals surface area contributed by atoms with Gasteiger partial charge in [0.15, 0.2) is 0 Å². The molecular formula is C44H27NS2. The topological polar surface area (TPSA) is 4.93 Å². The third-order valence-corrected chi connectivity index (χ3v) is 11.9. The van der Waals surface area contributed by atoms with Crippen LogP contribution < -0.4 is 0 Å². The predicted octanol–water partition coefficient (Wildman–Crippen LogP) is 13.4. The lowest BCUT2D eigenvalue weighted by molar-refractivity contribution is 1.19. The van der Waals surface area contributed by atoms with Crippen LogP contribution in [0, 0.1) is 0 Å². The zero-order chi connectivity index (χ0) is 30.9. The monoisotopic (exact) mass is 633 g/mol. The molecule has 3 heteroatoms. The van der Waals surface area contributed by atoms with Gasteiger partial charge in [-0.2, -0.15) is 0 Å². The van der Waals surface area contributed by atoms with Gasteiger partial charge in [0.05, 0.1) is 15.7 Å². The highest BCUT2D eigenvalue weighted by Crippen LogP contribution is 2.47. The molecule has 0 spiro atoms. The van der Waals surface area contributed by atoms with Gasteiger partial charge in [-0.3, -0.25) is 0 Å². The van der Waals surface area contributed by atoms with E-state index in [4.69, 9.17) is 0 Å². The first kappa shape index (κ1) is 26.7. The molecule has 1 nitrogen and oxygen atoms in total. The van der Waals surface area contributed by atoms with Crippen LogP contribution in [0.1, 0.15) is 0 Å². The number of hydrogen-bond donors (Lipinski definition) is 0. The molecule has 47 heavy (non-hydrogen) atoms. The Kier molecular flexibility index (Phi) is 5.98. The summed E-state index contributed by atoms with van der Waals surface area (Å²) in [5, 5.41) is 5.26. The standard InChI is InChI=1S/C44H27NS2/c1-3-13-28(14-4-1)33-21-10-23-36-40-32(20-12-26-39(40)46-42(33)36)29-15-9-16-30(27-29)34-22-11-24-37-41-44(47-43(34)37)35-19-7-8-25-38(35)45(41)31-17-5-2-6-18-31/h1-27H. The lowest BCUT2D eigenvalue weighted by atomic mass is 9.95. The second-order valence-corrected chi connectivity index (χ2v) is 14.1. The second kappa shape index (κ2) is 10.5. The molecule has 0 aliphatic heterocycles. The molecule has 0 fully saturated rings. The molecule has 0 bridgehead atoms. The number of hydrogen-bond acceptors (Lipinski definition) is 2. The molecule has 0 amide bonds. The van der Waals surface area contributed by atoms with Crippen molar-refractivity contribution in [1.29, 1.82) is 0 Å². The van der Waals surface area contributed by atoms with Crippen LogP contribution >= 0.6 is 22.7 Å². The molecule has 0 N–H and O–H groups in total. The molecule has 10 aromatic rings. The Morgan fingerprint density at radius 2 is 0.957 bits per heavy atom. The molecule has 0 unspecified atom stereocenters. The summed E-state index contributed by atoms with van der Waals surface area (Å²) in [6.07, 6.45) is 0. The fraction of sp³-hybridized carbons (Fsp3) is 0. The molecule has 10 rings (SSSR count). The van der Waals surface area contributed by atoms with Gasteiger partial charge in [0.1, 0.15) is 0 Å². The van der Waals surface area contributed by atoms with E-state index in [0.717, 1.165) is 0 Å².